The van der Waals surface area contributed by atoms with Gasteiger partial charge in [0.2, 0.25) is 0 Å². The van der Waals surface area contributed by atoms with Gasteiger partial charge in [-0.25, -0.2) is 9.78 Å². The van der Waals surface area contributed by atoms with Gasteiger partial charge < -0.3 is 9.64 Å². The van der Waals surface area contributed by atoms with E-state index in [1.54, 1.807) is 4.90 Å². The van der Waals surface area contributed by atoms with Gasteiger partial charge in [0.25, 0.3) is 0 Å². The molecule has 1 aliphatic rings. The van der Waals surface area contributed by atoms with Crippen LogP contribution < -0.4 is 0 Å². The van der Waals surface area contributed by atoms with Crippen molar-refractivity contribution in [2.75, 3.05) is 6.54 Å². The quantitative estimate of drug-likeness (QED) is 0.765. The molecular weight excluding hydrogens is 344 g/mol. The van der Waals surface area contributed by atoms with E-state index in [0.717, 1.165) is 35.1 Å². The molecule has 0 radical (unpaired) electrons. The molecule has 1 aliphatic heterocycles. The van der Waals surface area contributed by atoms with Crippen LogP contribution in [0, 0.1) is 0 Å². The summed E-state index contributed by atoms with van der Waals surface area (Å²) in [5, 5.41) is 0. The van der Waals surface area contributed by atoms with E-state index in [4.69, 9.17) is 4.74 Å². The fraction of sp³-hybridized carbons (Fsp3) is 0.294. The third-order valence-corrected chi connectivity index (χ3v) is 4.30. The van der Waals surface area contributed by atoms with Crippen molar-refractivity contribution in [2.24, 2.45) is 0 Å². The third-order valence-electron chi connectivity index (χ3n) is 3.83. The fourth-order valence-corrected chi connectivity index (χ4v) is 2.95. The van der Waals surface area contributed by atoms with Gasteiger partial charge in [0.15, 0.2) is 0 Å². The Morgan fingerprint density at radius 2 is 2.09 bits per heavy atom. The van der Waals surface area contributed by atoms with Crippen LogP contribution in [0.25, 0.3) is 0 Å². The first-order valence-corrected chi connectivity index (χ1v) is 8.12. The number of aromatic nitrogens is 1. The van der Waals surface area contributed by atoms with Crippen LogP contribution in [0.5, 0.6) is 0 Å². The van der Waals surface area contributed by atoms with Gasteiger partial charge >= 0.3 is 6.09 Å². The molecule has 2 heterocycles. The lowest BCUT2D eigenvalue weighted by Gasteiger charge is -2.24. The van der Waals surface area contributed by atoms with Gasteiger partial charge in [-0.3, -0.25) is 0 Å². The molecule has 0 N–H and O–H groups in total. The molecule has 1 amide bonds. The summed E-state index contributed by atoms with van der Waals surface area (Å²) in [4.78, 5) is 18.4. The molecule has 0 aliphatic carbocycles. The summed E-state index contributed by atoms with van der Waals surface area (Å²) in [6, 6.07) is 13.7. The summed E-state index contributed by atoms with van der Waals surface area (Å²) in [6.45, 7) is 1.04. The molecule has 1 fully saturated rings. The standard InChI is InChI=1S/C17H17BrN2O2/c18-16-9-8-14(11-19-16)15-7-4-10-20(15)17(21)22-12-13-5-2-1-3-6-13/h1-3,5-6,8-9,11,15H,4,7,10,12H2/t15-/m0/s1. The van der Waals surface area contributed by atoms with Gasteiger partial charge in [-0.15, -0.1) is 0 Å². The summed E-state index contributed by atoms with van der Waals surface area (Å²) < 4.78 is 6.24. The van der Waals surface area contributed by atoms with Crippen LogP contribution in [-0.2, 0) is 11.3 Å². The van der Waals surface area contributed by atoms with Gasteiger partial charge in [0.1, 0.15) is 11.2 Å². The van der Waals surface area contributed by atoms with Crippen molar-refractivity contribution < 1.29 is 9.53 Å². The van der Waals surface area contributed by atoms with Crippen molar-refractivity contribution in [1.82, 2.24) is 9.88 Å². The first-order chi connectivity index (χ1) is 10.7. The Bertz CT molecular complexity index is 631. The number of hydrogen-bond donors (Lipinski definition) is 0. The first-order valence-electron chi connectivity index (χ1n) is 7.33. The average Bonchev–Trinajstić information content (AvgIpc) is 3.04. The molecule has 1 atom stereocenters. The summed E-state index contributed by atoms with van der Waals surface area (Å²) in [6.07, 6.45) is 3.50. The molecule has 114 valence electrons. The van der Waals surface area contributed by atoms with Gasteiger partial charge in [0.05, 0.1) is 6.04 Å². The second-order valence-electron chi connectivity index (χ2n) is 5.31. The Morgan fingerprint density at radius 1 is 1.27 bits per heavy atom. The maximum absolute atomic E-state index is 12.3. The van der Waals surface area contributed by atoms with Crippen molar-refractivity contribution in [3.63, 3.8) is 0 Å². The molecule has 2 aromatic rings. The number of likely N-dealkylation sites (tertiary alicyclic amines) is 1. The Hall–Kier alpha value is -1.88. The molecule has 1 aromatic carbocycles. The molecule has 4 nitrogen and oxygen atoms in total. The minimum atomic E-state index is -0.255. The Balaban J connectivity index is 1.65. The molecule has 1 aromatic heterocycles. The predicted octanol–water partition coefficient (Wildman–Crippen LogP) is 4.32. The van der Waals surface area contributed by atoms with Crippen molar-refractivity contribution in [2.45, 2.75) is 25.5 Å². The Labute approximate surface area is 138 Å². The van der Waals surface area contributed by atoms with Crippen molar-refractivity contribution >= 4 is 22.0 Å². The number of nitrogens with zero attached hydrogens (tertiary/aromatic N) is 2. The van der Waals surface area contributed by atoms with E-state index in [1.807, 2.05) is 48.7 Å². The SMILES string of the molecule is O=C(OCc1ccccc1)N1CCC[C@H]1c1ccc(Br)nc1. The smallest absolute Gasteiger partial charge is 0.410 e. The van der Waals surface area contributed by atoms with Gasteiger partial charge in [-0.05, 0) is 46.0 Å². The van der Waals surface area contributed by atoms with Crippen LogP contribution in [0.4, 0.5) is 4.79 Å². The van der Waals surface area contributed by atoms with E-state index in [1.165, 1.54) is 0 Å². The molecule has 0 unspecified atom stereocenters. The summed E-state index contributed by atoms with van der Waals surface area (Å²) in [5.74, 6) is 0. The molecular formula is C17H17BrN2O2. The number of carbonyl (C=O) groups excluding carboxylic acids is 1. The van der Waals surface area contributed by atoms with Crippen LogP contribution >= 0.6 is 15.9 Å². The summed E-state index contributed by atoms with van der Waals surface area (Å²) in [5.41, 5.74) is 2.05. The zero-order valence-corrected chi connectivity index (χ0v) is 13.7. The van der Waals surface area contributed by atoms with Crippen LogP contribution in [0.3, 0.4) is 0 Å². The monoisotopic (exact) mass is 360 g/mol. The number of carbonyl (C=O) groups is 1. The second kappa shape index (κ2) is 6.92. The minimum Gasteiger partial charge on any atom is -0.445 e. The maximum Gasteiger partial charge on any atom is 0.410 e. The number of benzene rings is 1. The van der Waals surface area contributed by atoms with E-state index >= 15 is 0 Å². The number of hydrogen-bond acceptors (Lipinski definition) is 3. The highest BCUT2D eigenvalue weighted by atomic mass is 79.9. The minimum absolute atomic E-state index is 0.0591. The highest BCUT2D eigenvalue weighted by Crippen LogP contribution is 2.32. The van der Waals surface area contributed by atoms with Crippen LogP contribution in [-0.4, -0.2) is 22.5 Å². The van der Waals surface area contributed by atoms with Crippen molar-refractivity contribution in [3.05, 3.63) is 64.4 Å². The largest absolute Gasteiger partial charge is 0.445 e. The molecule has 5 heteroatoms. The summed E-state index contributed by atoms with van der Waals surface area (Å²) >= 11 is 3.33. The van der Waals surface area contributed by atoms with Gasteiger partial charge in [-0.2, -0.15) is 0 Å². The summed E-state index contributed by atoms with van der Waals surface area (Å²) in [7, 11) is 0. The normalized spacial score (nSPS) is 17.5. The van der Waals surface area contributed by atoms with Crippen molar-refractivity contribution in [1.29, 1.82) is 0 Å². The predicted molar refractivity (Wildman–Crippen MR) is 87.2 cm³/mol. The van der Waals surface area contributed by atoms with Crippen LogP contribution in [0.2, 0.25) is 0 Å². The van der Waals surface area contributed by atoms with E-state index in [2.05, 4.69) is 20.9 Å². The lowest BCUT2D eigenvalue weighted by molar-refractivity contribution is 0.0920. The zero-order valence-electron chi connectivity index (χ0n) is 12.1. The molecule has 3 rings (SSSR count). The number of amides is 1. The first kappa shape index (κ1) is 15.0. The highest BCUT2D eigenvalue weighted by molar-refractivity contribution is 9.10. The highest BCUT2D eigenvalue weighted by Gasteiger charge is 2.31. The fourth-order valence-electron chi connectivity index (χ4n) is 2.72. The van der Waals surface area contributed by atoms with Crippen LogP contribution in [0.15, 0.2) is 53.3 Å². The topological polar surface area (TPSA) is 42.4 Å². The molecule has 0 bridgehead atoms. The second-order valence-corrected chi connectivity index (χ2v) is 6.12. The molecule has 0 saturated carbocycles. The number of halogens is 1. The Morgan fingerprint density at radius 3 is 2.82 bits per heavy atom. The van der Waals surface area contributed by atoms with E-state index in [-0.39, 0.29) is 12.1 Å². The van der Waals surface area contributed by atoms with E-state index in [0.29, 0.717) is 6.61 Å². The Kier molecular flexibility index (Phi) is 4.73. The number of rotatable bonds is 3. The average molecular weight is 361 g/mol. The van der Waals surface area contributed by atoms with Gasteiger partial charge in [-0.1, -0.05) is 36.4 Å². The van der Waals surface area contributed by atoms with Crippen molar-refractivity contribution in [3.8, 4) is 0 Å². The lowest BCUT2D eigenvalue weighted by Crippen LogP contribution is -2.31. The van der Waals surface area contributed by atoms with Crippen LogP contribution in [0.1, 0.15) is 30.0 Å². The number of ether oxygens (including phenoxy) is 1. The number of pyridine rings is 1. The molecule has 22 heavy (non-hydrogen) atoms. The van der Waals surface area contributed by atoms with E-state index in [9.17, 15) is 4.79 Å². The zero-order chi connectivity index (χ0) is 15.4. The molecule has 0 spiro atoms. The maximum atomic E-state index is 12.3. The van der Waals surface area contributed by atoms with E-state index < -0.39 is 0 Å². The molecule has 1 saturated heterocycles. The third kappa shape index (κ3) is 3.47. The lowest BCUT2D eigenvalue weighted by atomic mass is 10.1. The van der Waals surface area contributed by atoms with Gasteiger partial charge in [0, 0.05) is 12.7 Å².